The highest BCUT2D eigenvalue weighted by Crippen LogP contribution is 2.24. The fourth-order valence-corrected chi connectivity index (χ4v) is 2.56. The maximum absolute atomic E-state index is 5.83. The Morgan fingerprint density at radius 1 is 1.14 bits per heavy atom. The zero-order chi connectivity index (χ0) is 14.7. The minimum atomic E-state index is 0.278. The number of aryl methyl sites for hydroxylation is 1. The van der Waals surface area contributed by atoms with Crippen molar-refractivity contribution in [3.63, 3.8) is 0 Å². The van der Waals surface area contributed by atoms with Crippen LogP contribution >= 0.6 is 0 Å². The molecule has 1 heterocycles. The molecule has 4 heteroatoms. The Labute approximate surface area is 125 Å². The molecule has 110 valence electrons. The van der Waals surface area contributed by atoms with Crippen molar-refractivity contribution in [3.05, 3.63) is 59.7 Å². The lowest BCUT2D eigenvalue weighted by atomic mass is 10.0. The third-order valence-electron chi connectivity index (χ3n) is 3.77. The van der Waals surface area contributed by atoms with Crippen LogP contribution in [0.3, 0.4) is 0 Å². The van der Waals surface area contributed by atoms with Crippen molar-refractivity contribution in [2.45, 2.75) is 25.4 Å². The van der Waals surface area contributed by atoms with Gasteiger partial charge in [0.05, 0.1) is 6.04 Å². The van der Waals surface area contributed by atoms with Gasteiger partial charge in [0.25, 0.3) is 0 Å². The average Bonchev–Trinajstić information content (AvgIpc) is 2.96. The first-order chi connectivity index (χ1) is 10.2. The smallest absolute Gasteiger partial charge is 0.119 e. The lowest BCUT2D eigenvalue weighted by Crippen LogP contribution is -2.34. The van der Waals surface area contributed by atoms with Gasteiger partial charge in [-0.3, -0.25) is 5.43 Å². The molecule has 4 N–H and O–H groups in total. The van der Waals surface area contributed by atoms with E-state index < -0.39 is 0 Å². The SMILES string of the molecule is Cc1ccc(OCC2CC(c3cccc(N)c3)NN2)cc1. The number of nitrogens with two attached hydrogens (primary N) is 1. The van der Waals surface area contributed by atoms with E-state index in [2.05, 4.69) is 36.0 Å². The van der Waals surface area contributed by atoms with Gasteiger partial charge in [-0.15, -0.1) is 0 Å². The molecule has 0 spiro atoms. The van der Waals surface area contributed by atoms with E-state index in [1.54, 1.807) is 0 Å². The molecule has 3 rings (SSSR count). The van der Waals surface area contributed by atoms with E-state index in [1.807, 2.05) is 30.3 Å². The second-order valence-corrected chi connectivity index (χ2v) is 5.57. The molecule has 0 radical (unpaired) electrons. The number of ether oxygens (including phenoxy) is 1. The minimum absolute atomic E-state index is 0.278. The molecule has 21 heavy (non-hydrogen) atoms. The van der Waals surface area contributed by atoms with E-state index in [-0.39, 0.29) is 12.1 Å². The van der Waals surface area contributed by atoms with Gasteiger partial charge in [-0.05, 0) is 43.2 Å². The highest BCUT2D eigenvalue weighted by Gasteiger charge is 2.25. The molecule has 0 bridgehead atoms. The molecule has 2 aromatic carbocycles. The van der Waals surface area contributed by atoms with Crippen molar-refractivity contribution < 1.29 is 4.74 Å². The summed E-state index contributed by atoms with van der Waals surface area (Å²) in [7, 11) is 0. The fraction of sp³-hybridized carbons (Fsp3) is 0.294. The third kappa shape index (κ3) is 3.54. The second kappa shape index (κ2) is 6.16. The lowest BCUT2D eigenvalue weighted by molar-refractivity contribution is 0.272. The summed E-state index contributed by atoms with van der Waals surface area (Å²) in [6, 6.07) is 16.7. The summed E-state index contributed by atoms with van der Waals surface area (Å²) < 4.78 is 5.83. The normalized spacial score (nSPS) is 21.4. The average molecular weight is 283 g/mol. The van der Waals surface area contributed by atoms with Crippen LogP contribution in [0.1, 0.15) is 23.6 Å². The van der Waals surface area contributed by atoms with Crippen molar-refractivity contribution in [2.75, 3.05) is 12.3 Å². The van der Waals surface area contributed by atoms with Crippen LogP contribution in [0.25, 0.3) is 0 Å². The summed E-state index contributed by atoms with van der Waals surface area (Å²) in [5, 5.41) is 0. The van der Waals surface area contributed by atoms with Crippen molar-refractivity contribution in [1.29, 1.82) is 0 Å². The van der Waals surface area contributed by atoms with E-state index in [9.17, 15) is 0 Å². The van der Waals surface area contributed by atoms with E-state index in [0.717, 1.165) is 17.9 Å². The lowest BCUT2D eigenvalue weighted by Gasteiger charge is -2.12. The number of rotatable bonds is 4. The van der Waals surface area contributed by atoms with Crippen molar-refractivity contribution >= 4 is 5.69 Å². The van der Waals surface area contributed by atoms with Crippen molar-refractivity contribution in [3.8, 4) is 5.75 Å². The molecule has 1 saturated heterocycles. The van der Waals surface area contributed by atoms with Crippen LogP contribution in [0.2, 0.25) is 0 Å². The monoisotopic (exact) mass is 283 g/mol. The van der Waals surface area contributed by atoms with Gasteiger partial charge in [-0.1, -0.05) is 29.8 Å². The van der Waals surface area contributed by atoms with Crippen LogP contribution in [0.4, 0.5) is 5.69 Å². The molecule has 0 aliphatic carbocycles. The first kappa shape index (κ1) is 13.9. The Kier molecular flexibility index (Phi) is 4.08. The molecule has 4 nitrogen and oxygen atoms in total. The number of benzene rings is 2. The second-order valence-electron chi connectivity index (χ2n) is 5.57. The quantitative estimate of drug-likeness (QED) is 0.755. The third-order valence-corrected chi connectivity index (χ3v) is 3.77. The Bertz CT molecular complexity index is 597. The molecule has 0 amide bonds. The predicted molar refractivity (Wildman–Crippen MR) is 84.9 cm³/mol. The highest BCUT2D eigenvalue weighted by molar-refractivity contribution is 5.41. The Balaban J connectivity index is 1.54. The van der Waals surface area contributed by atoms with Gasteiger partial charge in [0.1, 0.15) is 12.4 Å². The molecule has 0 aromatic heterocycles. The summed E-state index contributed by atoms with van der Waals surface area (Å²) >= 11 is 0. The van der Waals surface area contributed by atoms with Gasteiger partial charge < -0.3 is 10.5 Å². The van der Waals surface area contributed by atoms with Crippen LogP contribution in [0.15, 0.2) is 48.5 Å². The maximum Gasteiger partial charge on any atom is 0.119 e. The minimum Gasteiger partial charge on any atom is -0.492 e. The zero-order valence-electron chi connectivity index (χ0n) is 12.2. The van der Waals surface area contributed by atoms with Crippen LogP contribution in [0, 0.1) is 6.92 Å². The first-order valence-electron chi connectivity index (χ1n) is 7.26. The first-order valence-corrected chi connectivity index (χ1v) is 7.26. The maximum atomic E-state index is 5.83. The molecule has 2 atom stereocenters. The number of nitrogens with one attached hydrogen (secondary N) is 2. The molecular weight excluding hydrogens is 262 g/mol. The summed E-state index contributed by atoms with van der Waals surface area (Å²) in [6.45, 7) is 2.72. The van der Waals surface area contributed by atoms with Crippen molar-refractivity contribution in [2.24, 2.45) is 0 Å². The van der Waals surface area contributed by atoms with Gasteiger partial charge in [0, 0.05) is 11.7 Å². The summed E-state index contributed by atoms with van der Waals surface area (Å²) in [6.07, 6.45) is 0.981. The molecule has 1 aliphatic heterocycles. The summed E-state index contributed by atoms with van der Waals surface area (Å²) in [5.74, 6) is 0.912. The Hall–Kier alpha value is -2.04. The molecule has 1 fully saturated rings. The van der Waals surface area contributed by atoms with Gasteiger partial charge in [-0.25, -0.2) is 5.43 Å². The van der Waals surface area contributed by atoms with E-state index in [1.165, 1.54) is 11.1 Å². The van der Waals surface area contributed by atoms with Crippen LogP contribution < -0.4 is 21.3 Å². The largest absolute Gasteiger partial charge is 0.492 e. The summed E-state index contributed by atoms with van der Waals surface area (Å²) in [5.41, 5.74) is 15.7. The predicted octanol–water partition coefficient (Wildman–Crippen LogP) is 2.56. The zero-order valence-corrected chi connectivity index (χ0v) is 12.2. The van der Waals surface area contributed by atoms with Crippen molar-refractivity contribution in [1.82, 2.24) is 10.9 Å². The van der Waals surface area contributed by atoms with Gasteiger partial charge >= 0.3 is 0 Å². The van der Waals surface area contributed by atoms with E-state index in [0.29, 0.717) is 6.61 Å². The molecular formula is C17H21N3O. The van der Waals surface area contributed by atoms with Gasteiger partial charge in [0.15, 0.2) is 0 Å². The highest BCUT2D eigenvalue weighted by atomic mass is 16.5. The topological polar surface area (TPSA) is 59.3 Å². The van der Waals surface area contributed by atoms with Crippen LogP contribution in [0.5, 0.6) is 5.75 Å². The number of anilines is 1. The van der Waals surface area contributed by atoms with Gasteiger partial charge in [-0.2, -0.15) is 0 Å². The number of hydrogen-bond acceptors (Lipinski definition) is 4. The molecule has 0 saturated carbocycles. The number of hydrogen-bond donors (Lipinski definition) is 3. The molecule has 2 aromatic rings. The van der Waals surface area contributed by atoms with Crippen LogP contribution in [-0.4, -0.2) is 12.6 Å². The van der Waals surface area contributed by atoms with E-state index in [4.69, 9.17) is 10.5 Å². The fourth-order valence-electron chi connectivity index (χ4n) is 2.56. The Morgan fingerprint density at radius 2 is 1.95 bits per heavy atom. The Morgan fingerprint density at radius 3 is 2.71 bits per heavy atom. The standard InChI is InChI=1S/C17H21N3O/c1-12-5-7-16(8-6-12)21-11-15-10-17(20-19-15)13-3-2-4-14(18)9-13/h2-9,15,17,19-20H,10-11,18H2,1H3. The van der Waals surface area contributed by atoms with E-state index >= 15 is 0 Å². The summed E-state index contributed by atoms with van der Waals surface area (Å²) in [4.78, 5) is 0. The number of nitrogen functional groups attached to an aromatic ring is 1. The molecule has 2 unspecified atom stereocenters. The van der Waals surface area contributed by atoms with Gasteiger partial charge in [0.2, 0.25) is 0 Å². The number of hydrazine groups is 1. The van der Waals surface area contributed by atoms with Crippen LogP contribution in [-0.2, 0) is 0 Å². The molecule has 1 aliphatic rings.